The number of carbonyl (C=O) groups is 1. The fraction of sp³-hybridized carbons (Fsp3) is 0.444. The number of hydrogen-bond donors (Lipinski definition) is 1. The van der Waals surface area contributed by atoms with E-state index in [1.165, 1.54) is 4.88 Å². The molecule has 1 aliphatic rings. The molecule has 0 saturated carbocycles. The Hall–Kier alpha value is -1.03. The van der Waals surface area contributed by atoms with Crippen molar-refractivity contribution in [2.75, 3.05) is 11.9 Å². The lowest BCUT2D eigenvalue weighted by Crippen LogP contribution is -2.29. The van der Waals surface area contributed by atoms with E-state index in [-0.39, 0.29) is 12.0 Å². The van der Waals surface area contributed by atoms with E-state index in [0.29, 0.717) is 6.61 Å². The van der Waals surface area contributed by atoms with Crippen molar-refractivity contribution in [2.24, 2.45) is 0 Å². The lowest BCUT2D eigenvalue weighted by atomic mass is 10.2. The molecule has 0 bridgehead atoms. The van der Waals surface area contributed by atoms with E-state index >= 15 is 0 Å². The van der Waals surface area contributed by atoms with Crippen LogP contribution in [0.1, 0.15) is 11.8 Å². The summed E-state index contributed by atoms with van der Waals surface area (Å²) >= 11 is 1.68. The van der Waals surface area contributed by atoms with Gasteiger partial charge in [-0.3, -0.25) is 0 Å². The second-order valence-electron chi connectivity index (χ2n) is 2.91. The molecule has 70 valence electrons. The van der Waals surface area contributed by atoms with Crippen LogP contribution in [0.15, 0.2) is 11.4 Å². The van der Waals surface area contributed by atoms with Crippen molar-refractivity contribution in [3.8, 4) is 0 Å². The first-order valence-electron chi connectivity index (χ1n) is 4.31. The topological polar surface area (TPSA) is 38.3 Å². The van der Waals surface area contributed by atoms with Gasteiger partial charge in [0.2, 0.25) is 0 Å². The largest absolute Gasteiger partial charge is 0.464 e. The molecular weight excluding hydrogens is 186 g/mol. The second-order valence-corrected chi connectivity index (χ2v) is 3.91. The van der Waals surface area contributed by atoms with Gasteiger partial charge in [-0.15, -0.1) is 11.3 Å². The summed E-state index contributed by atoms with van der Waals surface area (Å²) in [5.41, 5.74) is 1.09. The highest BCUT2D eigenvalue weighted by atomic mass is 32.1. The number of ether oxygens (including phenoxy) is 1. The summed E-state index contributed by atoms with van der Waals surface area (Å²) in [5, 5.41) is 5.16. The van der Waals surface area contributed by atoms with Gasteiger partial charge in [-0.1, -0.05) is 0 Å². The van der Waals surface area contributed by atoms with Gasteiger partial charge in [-0.2, -0.15) is 0 Å². The van der Waals surface area contributed by atoms with Gasteiger partial charge in [-0.05, 0) is 18.4 Å². The van der Waals surface area contributed by atoms with Crippen molar-refractivity contribution in [1.29, 1.82) is 0 Å². The molecule has 1 aromatic rings. The predicted octanol–water partition coefficient (Wildman–Crippen LogP) is 1.65. The van der Waals surface area contributed by atoms with Crippen LogP contribution in [0.25, 0.3) is 0 Å². The third-order valence-electron chi connectivity index (χ3n) is 2.04. The van der Waals surface area contributed by atoms with E-state index in [2.05, 4.69) is 5.32 Å². The standard InChI is InChI=1S/C9H11NO2S/c1-2-12-9(11)7-5-8-6(10-7)3-4-13-8/h3-4,7,10H,2,5H2,1H3. The van der Waals surface area contributed by atoms with Crippen molar-refractivity contribution in [3.63, 3.8) is 0 Å². The molecule has 4 heteroatoms. The SMILES string of the molecule is CCOC(=O)C1Cc2sccc2N1. The number of nitrogens with one attached hydrogen (secondary N) is 1. The first kappa shape index (κ1) is 8.56. The van der Waals surface area contributed by atoms with Crippen LogP contribution < -0.4 is 5.32 Å². The first-order valence-corrected chi connectivity index (χ1v) is 5.18. The zero-order chi connectivity index (χ0) is 9.26. The summed E-state index contributed by atoms with van der Waals surface area (Å²) < 4.78 is 4.93. The summed E-state index contributed by atoms with van der Waals surface area (Å²) in [6.07, 6.45) is 0.770. The first-order chi connectivity index (χ1) is 6.31. The zero-order valence-corrected chi connectivity index (χ0v) is 8.19. The molecule has 0 aliphatic carbocycles. The fourth-order valence-corrected chi connectivity index (χ4v) is 2.32. The van der Waals surface area contributed by atoms with Gasteiger partial charge in [0.05, 0.1) is 6.61 Å². The summed E-state index contributed by atoms with van der Waals surface area (Å²) in [7, 11) is 0. The minimum atomic E-state index is -0.164. The zero-order valence-electron chi connectivity index (χ0n) is 7.37. The monoisotopic (exact) mass is 197 g/mol. The maximum atomic E-state index is 11.3. The number of carbonyl (C=O) groups excluding carboxylic acids is 1. The minimum absolute atomic E-state index is 0.147. The number of thiophene rings is 1. The van der Waals surface area contributed by atoms with Crippen LogP contribution in [0.4, 0.5) is 5.69 Å². The van der Waals surface area contributed by atoms with Crippen molar-refractivity contribution in [3.05, 3.63) is 16.3 Å². The fourth-order valence-electron chi connectivity index (χ4n) is 1.44. The predicted molar refractivity (Wildman–Crippen MR) is 52.1 cm³/mol. The molecule has 3 nitrogen and oxygen atoms in total. The maximum absolute atomic E-state index is 11.3. The third-order valence-corrected chi connectivity index (χ3v) is 2.98. The number of esters is 1. The van der Waals surface area contributed by atoms with Crippen LogP contribution in [0, 0.1) is 0 Å². The number of hydrogen-bond acceptors (Lipinski definition) is 4. The van der Waals surface area contributed by atoms with E-state index in [9.17, 15) is 4.79 Å². The van der Waals surface area contributed by atoms with Crippen LogP contribution in [0.5, 0.6) is 0 Å². The summed E-state index contributed by atoms with van der Waals surface area (Å²) in [5.74, 6) is -0.147. The van der Waals surface area contributed by atoms with Crippen molar-refractivity contribution in [1.82, 2.24) is 0 Å². The highest BCUT2D eigenvalue weighted by Gasteiger charge is 2.28. The number of rotatable bonds is 2. The van der Waals surface area contributed by atoms with Crippen LogP contribution in [-0.2, 0) is 16.0 Å². The smallest absolute Gasteiger partial charge is 0.328 e. The number of fused-ring (bicyclic) bond motifs is 1. The van der Waals surface area contributed by atoms with E-state index in [4.69, 9.17) is 4.74 Å². The second kappa shape index (κ2) is 3.38. The molecule has 2 heterocycles. The summed E-state index contributed by atoms with van der Waals surface area (Å²) in [6.45, 7) is 2.27. The summed E-state index contributed by atoms with van der Waals surface area (Å²) in [6, 6.07) is 1.83. The maximum Gasteiger partial charge on any atom is 0.328 e. The van der Waals surface area contributed by atoms with Crippen LogP contribution in [0.3, 0.4) is 0 Å². The average Bonchev–Trinajstić information content (AvgIpc) is 2.61. The quantitative estimate of drug-likeness (QED) is 0.732. The molecule has 0 aromatic carbocycles. The summed E-state index contributed by atoms with van der Waals surface area (Å²) in [4.78, 5) is 12.6. The van der Waals surface area contributed by atoms with Crippen LogP contribution in [0.2, 0.25) is 0 Å². The van der Waals surface area contributed by atoms with Crippen LogP contribution >= 0.6 is 11.3 Å². The lowest BCUT2D eigenvalue weighted by Gasteiger charge is -2.09. The Morgan fingerprint density at radius 1 is 1.85 bits per heavy atom. The molecule has 1 aromatic heterocycles. The molecule has 1 unspecified atom stereocenters. The Morgan fingerprint density at radius 3 is 3.38 bits per heavy atom. The van der Waals surface area contributed by atoms with Gasteiger partial charge in [0.1, 0.15) is 6.04 Å². The molecule has 1 atom stereocenters. The molecule has 1 N–H and O–H groups in total. The molecule has 2 rings (SSSR count). The molecule has 0 amide bonds. The van der Waals surface area contributed by atoms with Gasteiger partial charge in [0.15, 0.2) is 0 Å². The molecule has 13 heavy (non-hydrogen) atoms. The van der Waals surface area contributed by atoms with Gasteiger partial charge >= 0.3 is 5.97 Å². The third kappa shape index (κ3) is 1.54. The van der Waals surface area contributed by atoms with E-state index in [0.717, 1.165) is 12.1 Å². The van der Waals surface area contributed by atoms with Crippen molar-refractivity contribution < 1.29 is 9.53 Å². The van der Waals surface area contributed by atoms with Gasteiger partial charge in [0.25, 0.3) is 0 Å². The Bertz CT molecular complexity index is 301. The molecule has 1 aliphatic heterocycles. The molecular formula is C9H11NO2S. The molecule has 0 spiro atoms. The highest BCUT2D eigenvalue weighted by Crippen LogP contribution is 2.30. The number of anilines is 1. The van der Waals surface area contributed by atoms with Gasteiger partial charge < -0.3 is 10.1 Å². The van der Waals surface area contributed by atoms with Crippen molar-refractivity contribution in [2.45, 2.75) is 19.4 Å². The molecule has 0 fully saturated rings. The van der Waals surface area contributed by atoms with Gasteiger partial charge in [0, 0.05) is 17.0 Å². The average molecular weight is 197 g/mol. The Kier molecular flexibility index (Phi) is 2.22. The lowest BCUT2D eigenvalue weighted by molar-refractivity contribution is -0.143. The Morgan fingerprint density at radius 2 is 2.69 bits per heavy atom. The highest BCUT2D eigenvalue weighted by molar-refractivity contribution is 7.10. The van der Waals surface area contributed by atoms with Crippen LogP contribution in [-0.4, -0.2) is 18.6 Å². The molecule has 0 saturated heterocycles. The van der Waals surface area contributed by atoms with E-state index in [1.807, 2.05) is 18.4 Å². The normalized spacial score (nSPS) is 19.3. The van der Waals surface area contributed by atoms with Crippen molar-refractivity contribution >= 4 is 23.0 Å². The minimum Gasteiger partial charge on any atom is -0.464 e. The van der Waals surface area contributed by atoms with E-state index in [1.54, 1.807) is 11.3 Å². The van der Waals surface area contributed by atoms with Gasteiger partial charge in [-0.25, -0.2) is 4.79 Å². The van der Waals surface area contributed by atoms with E-state index < -0.39 is 0 Å². The Balaban J connectivity index is 2.01. The Labute approximate surface area is 80.7 Å². The molecule has 0 radical (unpaired) electrons.